The number of hydrogen-bond donors (Lipinski definition) is 1. The molecule has 0 radical (unpaired) electrons. The smallest absolute Gasteiger partial charge is 0.307 e. The van der Waals surface area contributed by atoms with E-state index in [0.29, 0.717) is 0 Å². The van der Waals surface area contributed by atoms with Gasteiger partial charge in [-0.2, -0.15) is 0 Å². The van der Waals surface area contributed by atoms with E-state index < -0.39 is 5.97 Å². The molecule has 2 rings (SSSR count). The van der Waals surface area contributed by atoms with Gasteiger partial charge >= 0.3 is 5.97 Å². The van der Waals surface area contributed by atoms with Gasteiger partial charge in [-0.15, -0.1) is 5.10 Å². The number of aromatic nitrogens is 2. The quantitative estimate of drug-likeness (QED) is 0.710. The molecule has 5 heteroatoms. The lowest BCUT2D eigenvalue weighted by Gasteiger charge is -1.86. The van der Waals surface area contributed by atoms with E-state index in [1.54, 1.807) is 0 Å². The molecule has 2 atom stereocenters. The van der Waals surface area contributed by atoms with Crippen LogP contribution >= 0.6 is 11.5 Å². The average molecular weight is 170 g/mol. The van der Waals surface area contributed by atoms with Crippen LogP contribution in [0.4, 0.5) is 0 Å². The van der Waals surface area contributed by atoms with E-state index in [0.717, 1.165) is 12.1 Å². The molecule has 0 aromatic carbocycles. The number of aliphatic carboxylic acids is 1. The van der Waals surface area contributed by atoms with E-state index in [2.05, 4.69) is 9.59 Å². The number of carboxylic acids is 1. The first-order valence-corrected chi connectivity index (χ1v) is 4.12. The van der Waals surface area contributed by atoms with Crippen LogP contribution in [0, 0.1) is 5.92 Å². The van der Waals surface area contributed by atoms with Crippen LogP contribution in [-0.2, 0) is 4.79 Å². The lowest BCUT2D eigenvalue weighted by Crippen LogP contribution is -1.98. The first-order valence-electron chi connectivity index (χ1n) is 3.29. The second-order valence-corrected chi connectivity index (χ2v) is 3.23. The number of rotatable bonds is 2. The highest BCUT2D eigenvalue weighted by atomic mass is 32.1. The summed E-state index contributed by atoms with van der Waals surface area (Å²) < 4.78 is 3.68. The zero-order chi connectivity index (χ0) is 7.84. The van der Waals surface area contributed by atoms with Crippen LogP contribution in [0.3, 0.4) is 0 Å². The second-order valence-electron chi connectivity index (χ2n) is 2.62. The van der Waals surface area contributed by atoms with E-state index in [9.17, 15) is 4.79 Å². The maximum absolute atomic E-state index is 10.4. The Morgan fingerprint density at radius 3 is 3.09 bits per heavy atom. The van der Waals surface area contributed by atoms with Crippen molar-refractivity contribution in [2.75, 3.05) is 0 Å². The van der Waals surface area contributed by atoms with Gasteiger partial charge in [-0.1, -0.05) is 4.49 Å². The van der Waals surface area contributed by atoms with Crippen LogP contribution in [0.15, 0.2) is 5.38 Å². The molecular weight excluding hydrogens is 164 g/mol. The Morgan fingerprint density at radius 1 is 1.82 bits per heavy atom. The molecule has 0 saturated heterocycles. The normalized spacial score (nSPS) is 28.4. The predicted molar refractivity (Wildman–Crippen MR) is 38.4 cm³/mol. The Labute approximate surface area is 67.0 Å². The molecule has 0 spiro atoms. The van der Waals surface area contributed by atoms with Gasteiger partial charge in [-0.3, -0.25) is 4.79 Å². The van der Waals surface area contributed by atoms with Gasteiger partial charge in [0, 0.05) is 11.3 Å². The van der Waals surface area contributed by atoms with Crippen molar-refractivity contribution in [3.8, 4) is 0 Å². The van der Waals surface area contributed by atoms with Crippen LogP contribution in [0.2, 0.25) is 0 Å². The summed E-state index contributed by atoms with van der Waals surface area (Å²) in [4.78, 5) is 10.4. The maximum atomic E-state index is 10.4. The van der Waals surface area contributed by atoms with Crippen LogP contribution < -0.4 is 0 Å². The monoisotopic (exact) mass is 170 g/mol. The van der Waals surface area contributed by atoms with Crippen molar-refractivity contribution in [1.82, 2.24) is 9.59 Å². The molecule has 0 aliphatic heterocycles. The van der Waals surface area contributed by atoms with Gasteiger partial charge < -0.3 is 5.11 Å². The zero-order valence-corrected chi connectivity index (χ0v) is 6.41. The number of nitrogens with zero attached hydrogens (tertiary/aromatic N) is 2. The first-order chi connectivity index (χ1) is 5.29. The molecule has 1 aliphatic rings. The molecule has 0 amide bonds. The molecule has 0 unspecified atom stereocenters. The molecule has 1 aliphatic carbocycles. The van der Waals surface area contributed by atoms with Gasteiger partial charge in [0.2, 0.25) is 0 Å². The summed E-state index contributed by atoms with van der Waals surface area (Å²) in [6.07, 6.45) is 0.723. The summed E-state index contributed by atoms with van der Waals surface area (Å²) in [7, 11) is 0. The molecule has 4 nitrogen and oxygen atoms in total. The Balaban J connectivity index is 2.08. The fraction of sp³-hybridized carbons (Fsp3) is 0.500. The Hall–Kier alpha value is -0.970. The standard InChI is InChI=1S/C6H6N2O2S/c9-6(10)4-1-3(4)5-2-11-8-7-5/h2-4H,1H2,(H,9,10)/t3-,4-/m1/s1. The summed E-state index contributed by atoms with van der Waals surface area (Å²) in [6, 6.07) is 0. The summed E-state index contributed by atoms with van der Waals surface area (Å²) in [5.74, 6) is -0.798. The van der Waals surface area contributed by atoms with Crippen molar-refractivity contribution in [1.29, 1.82) is 0 Å². The van der Waals surface area contributed by atoms with Crippen molar-refractivity contribution >= 4 is 17.5 Å². The third-order valence-corrected chi connectivity index (χ3v) is 2.39. The first kappa shape index (κ1) is 6.72. The molecule has 1 saturated carbocycles. The van der Waals surface area contributed by atoms with E-state index in [1.165, 1.54) is 11.5 Å². The number of hydrogen-bond acceptors (Lipinski definition) is 4. The van der Waals surface area contributed by atoms with Crippen LogP contribution in [0.1, 0.15) is 18.0 Å². The minimum absolute atomic E-state index is 0.131. The molecule has 1 fully saturated rings. The SMILES string of the molecule is O=C(O)[C@@H]1C[C@H]1c1csnn1. The molecule has 1 aromatic heterocycles. The predicted octanol–water partition coefficient (Wildman–Crippen LogP) is 0.726. The lowest BCUT2D eigenvalue weighted by molar-refractivity contribution is -0.138. The molecule has 1 N–H and O–H groups in total. The molecule has 1 aromatic rings. The minimum Gasteiger partial charge on any atom is -0.481 e. The fourth-order valence-corrected chi connectivity index (χ4v) is 1.65. The average Bonchev–Trinajstić information content (AvgIpc) is 2.60. The summed E-state index contributed by atoms with van der Waals surface area (Å²) in [6.45, 7) is 0. The van der Waals surface area contributed by atoms with Gasteiger partial charge in [0.25, 0.3) is 0 Å². The summed E-state index contributed by atoms with van der Waals surface area (Å²) in [5, 5.41) is 14.2. The summed E-state index contributed by atoms with van der Waals surface area (Å²) >= 11 is 1.27. The van der Waals surface area contributed by atoms with Gasteiger partial charge in [-0.25, -0.2) is 0 Å². The van der Waals surface area contributed by atoms with Crippen molar-refractivity contribution in [2.24, 2.45) is 5.92 Å². The van der Waals surface area contributed by atoms with Crippen molar-refractivity contribution in [3.63, 3.8) is 0 Å². The van der Waals surface area contributed by atoms with E-state index >= 15 is 0 Å². The van der Waals surface area contributed by atoms with Gasteiger partial charge in [-0.05, 0) is 18.0 Å². The van der Waals surface area contributed by atoms with Crippen LogP contribution in [-0.4, -0.2) is 20.7 Å². The Kier molecular flexibility index (Phi) is 1.38. The van der Waals surface area contributed by atoms with E-state index in [-0.39, 0.29) is 11.8 Å². The minimum atomic E-state index is -0.719. The molecule has 1 heterocycles. The number of carboxylic acid groups (broad SMARTS) is 1. The Morgan fingerprint density at radius 2 is 2.64 bits per heavy atom. The fourth-order valence-electron chi connectivity index (χ4n) is 1.13. The highest BCUT2D eigenvalue weighted by molar-refractivity contribution is 7.03. The van der Waals surface area contributed by atoms with Crippen molar-refractivity contribution < 1.29 is 9.90 Å². The molecule has 0 bridgehead atoms. The zero-order valence-electron chi connectivity index (χ0n) is 5.60. The van der Waals surface area contributed by atoms with Gasteiger partial charge in [0.15, 0.2) is 0 Å². The van der Waals surface area contributed by atoms with E-state index in [1.807, 2.05) is 5.38 Å². The Bertz CT molecular complexity index is 272. The lowest BCUT2D eigenvalue weighted by atomic mass is 10.3. The highest BCUT2D eigenvalue weighted by Gasteiger charge is 2.45. The van der Waals surface area contributed by atoms with Crippen LogP contribution in [0.25, 0.3) is 0 Å². The third-order valence-electron chi connectivity index (χ3n) is 1.86. The van der Waals surface area contributed by atoms with Gasteiger partial charge in [0.1, 0.15) is 0 Å². The van der Waals surface area contributed by atoms with Crippen molar-refractivity contribution in [3.05, 3.63) is 11.1 Å². The largest absolute Gasteiger partial charge is 0.481 e. The van der Waals surface area contributed by atoms with Gasteiger partial charge in [0.05, 0.1) is 11.6 Å². The molecular formula is C6H6N2O2S. The van der Waals surface area contributed by atoms with E-state index in [4.69, 9.17) is 5.11 Å². The number of carbonyl (C=O) groups is 1. The van der Waals surface area contributed by atoms with Crippen LogP contribution in [0.5, 0.6) is 0 Å². The maximum Gasteiger partial charge on any atom is 0.307 e. The molecule has 11 heavy (non-hydrogen) atoms. The topological polar surface area (TPSA) is 63.1 Å². The second kappa shape index (κ2) is 2.27. The molecule has 58 valence electrons. The van der Waals surface area contributed by atoms with Crippen molar-refractivity contribution in [2.45, 2.75) is 12.3 Å². The highest BCUT2D eigenvalue weighted by Crippen LogP contribution is 2.46. The third kappa shape index (κ3) is 1.11. The summed E-state index contributed by atoms with van der Waals surface area (Å²) in [5.41, 5.74) is 0.836.